The second kappa shape index (κ2) is 8.07. The number of esters is 2. The third-order valence-corrected chi connectivity index (χ3v) is 6.86. The SMILES string of the molecule is O=C(OC(=O)C1(c2ccccc2)C=C1c1ccccc1)C1(c2ccccc2)C=C1c1ccccc1. The van der Waals surface area contributed by atoms with Gasteiger partial charge in [0.25, 0.3) is 0 Å². The Labute approximate surface area is 204 Å². The Morgan fingerprint density at radius 3 is 1.11 bits per heavy atom. The van der Waals surface area contributed by atoms with Crippen LogP contribution in [0, 0.1) is 0 Å². The maximum absolute atomic E-state index is 13.8. The van der Waals surface area contributed by atoms with Crippen molar-refractivity contribution in [2.45, 2.75) is 10.8 Å². The van der Waals surface area contributed by atoms with E-state index in [0.717, 1.165) is 33.4 Å². The van der Waals surface area contributed by atoms with Crippen LogP contribution in [-0.2, 0) is 25.2 Å². The van der Waals surface area contributed by atoms with Crippen molar-refractivity contribution in [3.05, 3.63) is 156 Å². The molecule has 0 N–H and O–H groups in total. The molecular weight excluding hydrogens is 432 g/mol. The summed E-state index contributed by atoms with van der Waals surface area (Å²) in [6.45, 7) is 0. The first kappa shape index (κ1) is 21.1. The minimum Gasteiger partial charge on any atom is -0.391 e. The number of hydrogen-bond donors (Lipinski definition) is 0. The second-order valence-corrected chi connectivity index (χ2v) is 8.87. The fourth-order valence-corrected chi connectivity index (χ4v) is 4.92. The number of carbonyl (C=O) groups is 2. The van der Waals surface area contributed by atoms with Crippen LogP contribution in [0.15, 0.2) is 133 Å². The summed E-state index contributed by atoms with van der Waals surface area (Å²) in [5.41, 5.74) is 3.01. The van der Waals surface area contributed by atoms with Crippen molar-refractivity contribution in [2.75, 3.05) is 0 Å². The maximum atomic E-state index is 13.8. The van der Waals surface area contributed by atoms with Gasteiger partial charge >= 0.3 is 11.9 Å². The van der Waals surface area contributed by atoms with Gasteiger partial charge in [0, 0.05) is 0 Å². The van der Waals surface area contributed by atoms with E-state index in [-0.39, 0.29) is 0 Å². The van der Waals surface area contributed by atoms with Crippen LogP contribution >= 0.6 is 0 Å². The molecule has 2 unspecified atom stereocenters. The Hall–Kier alpha value is -4.50. The van der Waals surface area contributed by atoms with Gasteiger partial charge in [-0.15, -0.1) is 0 Å². The van der Waals surface area contributed by atoms with Gasteiger partial charge in [0.15, 0.2) is 0 Å². The molecule has 0 saturated carbocycles. The van der Waals surface area contributed by atoms with Crippen LogP contribution < -0.4 is 0 Å². The molecule has 0 bridgehead atoms. The summed E-state index contributed by atoms with van der Waals surface area (Å²) in [6.07, 6.45) is 3.78. The number of benzene rings is 4. The summed E-state index contributed by atoms with van der Waals surface area (Å²) in [4.78, 5) is 27.5. The van der Waals surface area contributed by atoms with E-state index in [0.29, 0.717) is 0 Å². The van der Waals surface area contributed by atoms with Crippen molar-refractivity contribution in [2.24, 2.45) is 0 Å². The quantitative estimate of drug-likeness (QED) is 0.260. The largest absolute Gasteiger partial charge is 0.391 e. The Bertz CT molecular complexity index is 1360. The summed E-state index contributed by atoms with van der Waals surface area (Å²) >= 11 is 0. The highest BCUT2D eigenvalue weighted by atomic mass is 16.6. The van der Waals surface area contributed by atoms with Crippen molar-refractivity contribution in [3.8, 4) is 0 Å². The molecule has 4 aromatic carbocycles. The molecule has 4 aromatic rings. The summed E-state index contributed by atoms with van der Waals surface area (Å²) in [7, 11) is 0. The number of rotatable bonds is 6. The van der Waals surface area contributed by atoms with E-state index in [1.54, 1.807) is 0 Å². The normalized spacial score (nSPS) is 21.9. The summed E-state index contributed by atoms with van der Waals surface area (Å²) < 4.78 is 5.74. The molecule has 0 amide bonds. The average Bonchev–Trinajstić information content (AvgIpc) is 3.84. The van der Waals surface area contributed by atoms with Gasteiger partial charge in [0.1, 0.15) is 10.8 Å². The van der Waals surface area contributed by atoms with Crippen molar-refractivity contribution < 1.29 is 14.3 Å². The molecule has 3 nitrogen and oxygen atoms in total. The van der Waals surface area contributed by atoms with Gasteiger partial charge < -0.3 is 4.74 Å². The van der Waals surface area contributed by atoms with E-state index in [4.69, 9.17) is 4.74 Å². The van der Waals surface area contributed by atoms with E-state index >= 15 is 0 Å². The molecular formula is C32H22O3. The van der Waals surface area contributed by atoms with Gasteiger partial charge in [0.2, 0.25) is 0 Å². The zero-order valence-corrected chi connectivity index (χ0v) is 18.9. The lowest BCUT2D eigenvalue weighted by Crippen LogP contribution is -2.34. The summed E-state index contributed by atoms with van der Waals surface area (Å²) in [5.74, 6) is -1.15. The smallest absolute Gasteiger partial charge is 0.332 e. The topological polar surface area (TPSA) is 43.4 Å². The van der Waals surface area contributed by atoms with E-state index < -0.39 is 22.8 Å². The van der Waals surface area contributed by atoms with Gasteiger partial charge in [0.05, 0.1) is 0 Å². The van der Waals surface area contributed by atoms with Crippen LogP contribution in [0.25, 0.3) is 11.1 Å². The highest BCUT2D eigenvalue weighted by molar-refractivity contribution is 6.19. The molecule has 0 saturated heterocycles. The van der Waals surface area contributed by atoms with Crippen molar-refractivity contribution in [1.82, 2.24) is 0 Å². The number of ether oxygens (including phenoxy) is 1. The van der Waals surface area contributed by atoms with Crippen LogP contribution in [0.4, 0.5) is 0 Å². The number of carbonyl (C=O) groups excluding carboxylic acids is 2. The number of hydrogen-bond acceptors (Lipinski definition) is 3. The van der Waals surface area contributed by atoms with E-state index in [1.165, 1.54) is 0 Å². The minimum absolute atomic E-state index is 0.574. The molecule has 0 aliphatic heterocycles. The Balaban J connectivity index is 1.34. The van der Waals surface area contributed by atoms with Crippen LogP contribution in [0.1, 0.15) is 22.3 Å². The monoisotopic (exact) mass is 454 g/mol. The zero-order valence-electron chi connectivity index (χ0n) is 18.9. The minimum atomic E-state index is -1.07. The Morgan fingerprint density at radius 2 is 0.771 bits per heavy atom. The first-order chi connectivity index (χ1) is 17.2. The molecule has 0 heterocycles. The fraction of sp³-hybridized carbons (Fsp3) is 0.0625. The lowest BCUT2D eigenvalue weighted by Gasteiger charge is -2.22. The maximum Gasteiger partial charge on any atom is 0.332 e. The van der Waals surface area contributed by atoms with Gasteiger partial charge in [-0.05, 0) is 33.4 Å². The van der Waals surface area contributed by atoms with E-state index in [2.05, 4.69) is 0 Å². The van der Waals surface area contributed by atoms with Crippen molar-refractivity contribution in [3.63, 3.8) is 0 Å². The molecule has 0 spiro atoms. The highest BCUT2D eigenvalue weighted by Gasteiger charge is 2.59. The molecule has 6 rings (SSSR count). The molecule has 2 aliphatic carbocycles. The van der Waals surface area contributed by atoms with Gasteiger partial charge in [-0.1, -0.05) is 133 Å². The summed E-state index contributed by atoms with van der Waals surface area (Å²) in [5, 5.41) is 0. The van der Waals surface area contributed by atoms with Crippen LogP contribution in [0.3, 0.4) is 0 Å². The lowest BCUT2D eigenvalue weighted by atomic mass is 9.86. The van der Waals surface area contributed by atoms with Gasteiger partial charge in [-0.2, -0.15) is 0 Å². The predicted molar refractivity (Wildman–Crippen MR) is 136 cm³/mol. The van der Waals surface area contributed by atoms with Crippen LogP contribution in [-0.4, -0.2) is 11.9 Å². The molecule has 2 aliphatic rings. The van der Waals surface area contributed by atoms with Crippen LogP contribution in [0.2, 0.25) is 0 Å². The highest BCUT2D eigenvalue weighted by Crippen LogP contribution is 2.56. The fourth-order valence-electron chi connectivity index (χ4n) is 4.92. The zero-order chi connectivity index (χ0) is 23.9. The molecule has 0 fully saturated rings. The molecule has 168 valence electrons. The van der Waals surface area contributed by atoms with Crippen LogP contribution in [0.5, 0.6) is 0 Å². The molecule has 0 aromatic heterocycles. The molecule has 0 radical (unpaired) electrons. The van der Waals surface area contributed by atoms with E-state index in [9.17, 15) is 9.59 Å². The van der Waals surface area contributed by atoms with E-state index in [1.807, 2.05) is 133 Å². The third-order valence-electron chi connectivity index (χ3n) is 6.86. The average molecular weight is 455 g/mol. The van der Waals surface area contributed by atoms with Gasteiger partial charge in [-0.3, -0.25) is 0 Å². The van der Waals surface area contributed by atoms with Crippen molar-refractivity contribution in [1.29, 1.82) is 0 Å². The molecule has 35 heavy (non-hydrogen) atoms. The Morgan fingerprint density at radius 1 is 0.457 bits per heavy atom. The predicted octanol–water partition coefficient (Wildman–Crippen LogP) is 6.13. The molecule has 2 atom stereocenters. The van der Waals surface area contributed by atoms with Crippen molar-refractivity contribution >= 4 is 23.1 Å². The standard InChI is InChI=1S/C32H22O3/c33-29(31(25-17-9-3-10-18-25)21-27(31)23-13-5-1-6-14-23)35-30(34)32(26-19-11-4-12-20-26)22-28(32)24-15-7-2-8-16-24/h1-22H. The van der Waals surface area contributed by atoms with Gasteiger partial charge in [-0.25, -0.2) is 9.59 Å². The molecule has 3 heteroatoms. The first-order valence-electron chi connectivity index (χ1n) is 11.6. The Kier molecular flexibility index (Phi) is 4.85. The summed E-state index contributed by atoms with van der Waals surface area (Å²) in [6, 6.07) is 38.4. The second-order valence-electron chi connectivity index (χ2n) is 8.87. The first-order valence-corrected chi connectivity index (χ1v) is 11.6. The third kappa shape index (κ3) is 3.36. The lowest BCUT2D eigenvalue weighted by molar-refractivity contribution is -0.162.